The van der Waals surface area contributed by atoms with E-state index in [2.05, 4.69) is 22.8 Å². The first-order chi connectivity index (χ1) is 14.7. The first kappa shape index (κ1) is 22.3. The topological polar surface area (TPSA) is 105 Å². The maximum Gasteiger partial charge on any atom is 0.407 e. The molecule has 2 amide bonds. The monoisotopic (exact) mass is 424 g/mol. The molecule has 0 saturated carbocycles. The van der Waals surface area contributed by atoms with Crippen LogP contribution in [0.2, 0.25) is 0 Å². The summed E-state index contributed by atoms with van der Waals surface area (Å²) in [6.45, 7) is 5.18. The van der Waals surface area contributed by atoms with Gasteiger partial charge in [0.1, 0.15) is 6.61 Å². The summed E-state index contributed by atoms with van der Waals surface area (Å²) >= 11 is 0. The summed E-state index contributed by atoms with van der Waals surface area (Å²) in [6, 6.07) is 16.2. The predicted octanol–water partition coefficient (Wildman–Crippen LogP) is 3.53. The molecule has 0 aromatic heterocycles. The number of hydrogen-bond donors (Lipinski definition) is 3. The van der Waals surface area contributed by atoms with E-state index in [4.69, 9.17) is 9.84 Å². The van der Waals surface area contributed by atoms with Gasteiger partial charge in [0.05, 0.1) is 5.92 Å². The van der Waals surface area contributed by atoms with Crippen molar-refractivity contribution in [3.05, 3.63) is 59.7 Å². The highest BCUT2D eigenvalue weighted by molar-refractivity contribution is 5.80. The summed E-state index contributed by atoms with van der Waals surface area (Å²) in [5, 5.41) is 14.2. The van der Waals surface area contributed by atoms with Gasteiger partial charge in [0.2, 0.25) is 5.91 Å². The molecule has 7 heteroatoms. The average molecular weight is 424 g/mol. The van der Waals surface area contributed by atoms with Crippen molar-refractivity contribution < 1.29 is 24.2 Å². The second-order valence-corrected chi connectivity index (χ2v) is 8.55. The fourth-order valence-electron chi connectivity index (χ4n) is 3.77. The lowest BCUT2D eigenvalue weighted by Gasteiger charge is -2.26. The second-order valence-electron chi connectivity index (χ2n) is 8.55. The number of nitrogens with one attached hydrogen (secondary N) is 2. The largest absolute Gasteiger partial charge is 0.481 e. The zero-order chi connectivity index (χ0) is 22.6. The maximum absolute atomic E-state index is 12.4. The molecule has 164 valence electrons. The Bertz CT molecular complexity index is 940. The van der Waals surface area contributed by atoms with E-state index in [1.165, 1.54) is 6.92 Å². The number of benzene rings is 2. The van der Waals surface area contributed by atoms with Crippen LogP contribution in [0.25, 0.3) is 11.1 Å². The number of fused-ring (bicyclic) bond motifs is 3. The van der Waals surface area contributed by atoms with E-state index < -0.39 is 23.5 Å². The Hall–Kier alpha value is -3.35. The van der Waals surface area contributed by atoms with Crippen LogP contribution >= 0.6 is 0 Å². The number of carboxylic acids is 1. The van der Waals surface area contributed by atoms with Gasteiger partial charge in [0.25, 0.3) is 0 Å². The van der Waals surface area contributed by atoms with Gasteiger partial charge in [-0.15, -0.1) is 0 Å². The molecular weight excluding hydrogens is 396 g/mol. The number of rotatable bonds is 8. The minimum atomic E-state index is -0.976. The van der Waals surface area contributed by atoms with Crippen LogP contribution < -0.4 is 10.6 Å². The summed E-state index contributed by atoms with van der Waals surface area (Å²) in [6.07, 6.45) is -0.595. The van der Waals surface area contributed by atoms with Crippen molar-refractivity contribution in [3.63, 3.8) is 0 Å². The predicted molar refractivity (Wildman–Crippen MR) is 117 cm³/mol. The fourth-order valence-corrected chi connectivity index (χ4v) is 3.77. The molecular formula is C24H28N2O5. The van der Waals surface area contributed by atoms with Gasteiger partial charge in [-0.25, -0.2) is 4.79 Å². The molecule has 2 aromatic carbocycles. The highest BCUT2D eigenvalue weighted by Crippen LogP contribution is 2.44. The average Bonchev–Trinajstić information content (AvgIpc) is 3.03. The van der Waals surface area contributed by atoms with E-state index in [9.17, 15) is 14.4 Å². The third kappa shape index (κ3) is 5.42. The molecule has 0 aliphatic heterocycles. The Labute approximate surface area is 181 Å². The first-order valence-corrected chi connectivity index (χ1v) is 10.3. The third-order valence-electron chi connectivity index (χ3n) is 5.41. The van der Waals surface area contributed by atoms with Crippen LogP contribution in [-0.2, 0) is 14.3 Å². The highest BCUT2D eigenvalue weighted by Gasteiger charge is 2.30. The van der Waals surface area contributed by atoms with Crippen molar-refractivity contribution >= 4 is 18.0 Å². The molecule has 1 aliphatic rings. The van der Waals surface area contributed by atoms with Crippen LogP contribution in [0.1, 0.15) is 44.2 Å². The fraction of sp³-hybridized carbons (Fsp3) is 0.375. The Morgan fingerprint density at radius 2 is 1.58 bits per heavy atom. The van der Waals surface area contributed by atoms with Crippen molar-refractivity contribution in [2.24, 2.45) is 5.92 Å². The minimum absolute atomic E-state index is 0.00351. The zero-order valence-corrected chi connectivity index (χ0v) is 18.0. The molecule has 7 nitrogen and oxygen atoms in total. The minimum Gasteiger partial charge on any atom is -0.481 e. The Morgan fingerprint density at radius 3 is 2.13 bits per heavy atom. The lowest BCUT2D eigenvalue weighted by molar-refractivity contribution is -0.141. The van der Waals surface area contributed by atoms with E-state index in [1.807, 2.05) is 36.4 Å². The number of hydrogen-bond acceptors (Lipinski definition) is 4. The summed E-state index contributed by atoms with van der Waals surface area (Å²) in [5.74, 6) is -2.03. The second kappa shape index (κ2) is 9.20. The van der Waals surface area contributed by atoms with Crippen molar-refractivity contribution in [1.29, 1.82) is 0 Å². The van der Waals surface area contributed by atoms with E-state index in [0.717, 1.165) is 22.3 Å². The SMILES string of the molecule is CC(CNC(=O)CC(C)(C)NC(=O)OCC1c2ccccc2-c2ccccc21)C(=O)O. The van der Waals surface area contributed by atoms with Gasteiger partial charge in [0.15, 0.2) is 0 Å². The quantitative estimate of drug-likeness (QED) is 0.601. The highest BCUT2D eigenvalue weighted by atomic mass is 16.5. The van der Waals surface area contributed by atoms with Gasteiger partial charge in [-0.1, -0.05) is 55.5 Å². The van der Waals surface area contributed by atoms with E-state index >= 15 is 0 Å². The number of ether oxygens (including phenoxy) is 1. The molecule has 1 aliphatic carbocycles. The normalized spacial score (nSPS) is 13.6. The summed E-state index contributed by atoms with van der Waals surface area (Å²) in [4.78, 5) is 35.4. The molecule has 0 heterocycles. The smallest absolute Gasteiger partial charge is 0.407 e. The standard InChI is InChI=1S/C24H28N2O5/c1-15(22(28)29)13-25-21(27)12-24(2,3)26-23(30)31-14-20-18-10-6-4-8-16(18)17-9-5-7-11-19(17)20/h4-11,15,20H,12-14H2,1-3H3,(H,25,27)(H,26,30)(H,28,29). The Balaban J connectivity index is 1.55. The molecule has 3 rings (SSSR count). The molecule has 0 radical (unpaired) electrons. The summed E-state index contributed by atoms with van der Waals surface area (Å²) < 4.78 is 5.53. The van der Waals surface area contributed by atoms with Crippen molar-refractivity contribution in [1.82, 2.24) is 10.6 Å². The molecule has 31 heavy (non-hydrogen) atoms. The van der Waals surface area contributed by atoms with E-state index in [-0.39, 0.29) is 31.4 Å². The number of alkyl carbamates (subject to hydrolysis) is 1. The van der Waals surface area contributed by atoms with Crippen LogP contribution in [0.3, 0.4) is 0 Å². The molecule has 0 bridgehead atoms. The molecule has 1 atom stereocenters. The maximum atomic E-state index is 12.4. The van der Waals surface area contributed by atoms with Gasteiger partial charge >= 0.3 is 12.1 Å². The number of carbonyl (C=O) groups is 3. The molecule has 0 spiro atoms. The van der Waals surface area contributed by atoms with Crippen LogP contribution in [0.15, 0.2) is 48.5 Å². The van der Waals surface area contributed by atoms with Crippen LogP contribution in [0.5, 0.6) is 0 Å². The van der Waals surface area contributed by atoms with E-state index in [0.29, 0.717) is 0 Å². The van der Waals surface area contributed by atoms with Crippen molar-refractivity contribution in [3.8, 4) is 11.1 Å². The van der Waals surface area contributed by atoms with Crippen molar-refractivity contribution in [2.75, 3.05) is 13.2 Å². The number of amides is 2. The van der Waals surface area contributed by atoms with Gasteiger partial charge in [-0.3, -0.25) is 9.59 Å². The van der Waals surface area contributed by atoms with Crippen LogP contribution in [0.4, 0.5) is 4.79 Å². The molecule has 0 saturated heterocycles. The molecule has 0 fully saturated rings. The third-order valence-corrected chi connectivity index (χ3v) is 5.41. The van der Waals surface area contributed by atoms with Gasteiger partial charge < -0.3 is 20.5 Å². The molecule has 2 aromatic rings. The summed E-state index contributed by atoms with van der Waals surface area (Å²) in [5.41, 5.74) is 3.71. The number of aliphatic carboxylic acids is 1. The van der Waals surface area contributed by atoms with Gasteiger partial charge in [-0.2, -0.15) is 0 Å². The summed E-state index contributed by atoms with van der Waals surface area (Å²) in [7, 11) is 0. The first-order valence-electron chi connectivity index (χ1n) is 10.3. The number of carbonyl (C=O) groups excluding carboxylic acids is 2. The van der Waals surface area contributed by atoms with Gasteiger partial charge in [0, 0.05) is 24.4 Å². The van der Waals surface area contributed by atoms with E-state index in [1.54, 1.807) is 13.8 Å². The van der Waals surface area contributed by atoms with Gasteiger partial charge in [-0.05, 0) is 36.1 Å². The zero-order valence-electron chi connectivity index (χ0n) is 18.0. The lowest BCUT2D eigenvalue weighted by Crippen LogP contribution is -2.47. The molecule has 3 N–H and O–H groups in total. The van der Waals surface area contributed by atoms with Crippen LogP contribution in [-0.4, -0.2) is 41.8 Å². The van der Waals surface area contributed by atoms with Crippen LogP contribution in [0, 0.1) is 5.92 Å². The Morgan fingerprint density at radius 1 is 1.03 bits per heavy atom. The lowest BCUT2D eigenvalue weighted by atomic mass is 9.98. The Kier molecular flexibility index (Phi) is 6.63. The molecule has 1 unspecified atom stereocenters. The van der Waals surface area contributed by atoms with Crippen molar-refractivity contribution in [2.45, 2.75) is 38.6 Å². The number of carboxylic acid groups (broad SMARTS) is 1.